The van der Waals surface area contributed by atoms with Crippen LogP contribution in [0.25, 0.3) is 0 Å². The Kier molecular flexibility index (Phi) is 7.28. The molecule has 0 radical (unpaired) electrons. The fraction of sp³-hybridized carbons (Fsp3) is 0.800. The minimum atomic E-state index is -1.25. The van der Waals surface area contributed by atoms with Gasteiger partial charge in [-0.25, -0.2) is 9.59 Å². The standard InChI is InChI=1S/C10H20N2O4/c1-3-7(4-2)5-11-10(16)12-8(6-13)9(14)15/h7-8,13H,3-6H2,1-2H3,(H,14,15)(H2,11,12,16)/t8-/m1/s1. The topological polar surface area (TPSA) is 98.7 Å². The lowest BCUT2D eigenvalue weighted by Gasteiger charge is -2.16. The van der Waals surface area contributed by atoms with Crippen molar-refractivity contribution in [3.63, 3.8) is 0 Å². The van der Waals surface area contributed by atoms with Gasteiger partial charge in [-0.2, -0.15) is 0 Å². The number of aliphatic hydroxyl groups excluding tert-OH is 1. The Bertz CT molecular complexity index is 229. The molecule has 0 aromatic heterocycles. The maximum atomic E-state index is 11.3. The van der Waals surface area contributed by atoms with Crippen LogP contribution in [0, 0.1) is 5.92 Å². The van der Waals surface area contributed by atoms with Gasteiger partial charge in [-0.1, -0.05) is 26.7 Å². The number of hydrogen-bond acceptors (Lipinski definition) is 3. The number of carboxylic acids is 1. The van der Waals surface area contributed by atoms with Crippen LogP contribution in [0.4, 0.5) is 4.79 Å². The van der Waals surface area contributed by atoms with E-state index in [1.807, 2.05) is 13.8 Å². The van der Waals surface area contributed by atoms with Crippen molar-refractivity contribution in [2.75, 3.05) is 13.2 Å². The summed E-state index contributed by atoms with van der Waals surface area (Å²) in [5.41, 5.74) is 0. The van der Waals surface area contributed by atoms with Crippen LogP contribution in [0.2, 0.25) is 0 Å². The van der Waals surface area contributed by atoms with Crippen LogP contribution in [0.1, 0.15) is 26.7 Å². The molecule has 0 bridgehead atoms. The van der Waals surface area contributed by atoms with Crippen molar-refractivity contribution in [1.82, 2.24) is 10.6 Å². The fourth-order valence-electron chi connectivity index (χ4n) is 1.21. The van der Waals surface area contributed by atoms with Gasteiger partial charge in [0, 0.05) is 6.54 Å². The summed E-state index contributed by atoms with van der Waals surface area (Å²) in [6.45, 7) is 3.95. The molecule has 0 aromatic carbocycles. The van der Waals surface area contributed by atoms with E-state index in [-0.39, 0.29) is 0 Å². The van der Waals surface area contributed by atoms with Gasteiger partial charge in [0.05, 0.1) is 6.61 Å². The highest BCUT2D eigenvalue weighted by molar-refractivity contribution is 5.82. The molecule has 0 aliphatic heterocycles. The minimum absolute atomic E-state index is 0.392. The summed E-state index contributed by atoms with van der Waals surface area (Å²) in [4.78, 5) is 21.8. The van der Waals surface area contributed by atoms with Gasteiger partial charge in [0.1, 0.15) is 0 Å². The molecule has 4 N–H and O–H groups in total. The first-order valence-electron chi connectivity index (χ1n) is 5.43. The SMILES string of the molecule is CCC(CC)CNC(=O)N[C@H](CO)C(=O)O. The Labute approximate surface area is 95.0 Å². The van der Waals surface area contributed by atoms with E-state index in [2.05, 4.69) is 10.6 Å². The van der Waals surface area contributed by atoms with Gasteiger partial charge in [0.15, 0.2) is 6.04 Å². The zero-order valence-electron chi connectivity index (χ0n) is 9.69. The summed E-state index contributed by atoms with van der Waals surface area (Å²) >= 11 is 0. The third kappa shape index (κ3) is 5.55. The van der Waals surface area contributed by atoms with Crippen LogP contribution >= 0.6 is 0 Å². The van der Waals surface area contributed by atoms with Gasteiger partial charge in [-0.05, 0) is 5.92 Å². The Morgan fingerprint density at radius 3 is 2.19 bits per heavy atom. The molecule has 0 fully saturated rings. The number of nitrogens with one attached hydrogen (secondary N) is 2. The molecule has 0 aliphatic carbocycles. The Morgan fingerprint density at radius 2 is 1.81 bits per heavy atom. The van der Waals surface area contributed by atoms with E-state index < -0.39 is 24.6 Å². The number of carbonyl (C=O) groups is 2. The number of carboxylic acid groups (broad SMARTS) is 1. The zero-order chi connectivity index (χ0) is 12.6. The van der Waals surface area contributed by atoms with Crippen molar-refractivity contribution in [2.45, 2.75) is 32.7 Å². The predicted molar refractivity (Wildman–Crippen MR) is 59.1 cm³/mol. The van der Waals surface area contributed by atoms with E-state index in [1.165, 1.54) is 0 Å². The van der Waals surface area contributed by atoms with Gasteiger partial charge >= 0.3 is 12.0 Å². The minimum Gasteiger partial charge on any atom is -0.480 e. The van der Waals surface area contributed by atoms with E-state index in [0.29, 0.717) is 12.5 Å². The molecule has 0 saturated heterocycles. The van der Waals surface area contributed by atoms with Crippen molar-refractivity contribution in [1.29, 1.82) is 0 Å². The molecule has 2 amide bonds. The van der Waals surface area contributed by atoms with Crippen molar-refractivity contribution < 1.29 is 19.8 Å². The maximum Gasteiger partial charge on any atom is 0.328 e. The molecule has 0 spiro atoms. The van der Waals surface area contributed by atoms with Crippen LogP contribution in [-0.4, -0.2) is 41.4 Å². The van der Waals surface area contributed by atoms with Gasteiger partial charge in [-0.3, -0.25) is 0 Å². The van der Waals surface area contributed by atoms with Gasteiger partial charge in [-0.15, -0.1) is 0 Å². The highest BCUT2D eigenvalue weighted by Crippen LogP contribution is 2.04. The average molecular weight is 232 g/mol. The first-order valence-corrected chi connectivity index (χ1v) is 5.43. The van der Waals surface area contributed by atoms with Gasteiger partial charge in [0.2, 0.25) is 0 Å². The summed E-state index contributed by atoms with van der Waals surface area (Å²) < 4.78 is 0. The predicted octanol–water partition coefficient (Wildman–Crippen LogP) is 0.167. The molecule has 6 nitrogen and oxygen atoms in total. The molecule has 0 heterocycles. The summed E-state index contributed by atoms with van der Waals surface area (Å²) in [5, 5.41) is 22.0. The Hall–Kier alpha value is -1.30. The van der Waals surface area contributed by atoms with E-state index in [4.69, 9.17) is 10.2 Å². The number of amides is 2. The molecule has 16 heavy (non-hydrogen) atoms. The number of aliphatic carboxylic acids is 1. The molecular formula is C10H20N2O4. The van der Waals surface area contributed by atoms with Crippen LogP contribution in [-0.2, 0) is 4.79 Å². The quantitative estimate of drug-likeness (QED) is 0.502. The molecule has 0 rings (SSSR count). The largest absolute Gasteiger partial charge is 0.480 e. The highest BCUT2D eigenvalue weighted by Gasteiger charge is 2.18. The smallest absolute Gasteiger partial charge is 0.328 e. The molecule has 94 valence electrons. The second-order valence-electron chi connectivity index (χ2n) is 3.61. The van der Waals surface area contributed by atoms with Gasteiger partial charge < -0.3 is 20.8 Å². The third-order valence-electron chi connectivity index (χ3n) is 2.49. The van der Waals surface area contributed by atoms with Crippen LogP contribution in [0.3, 0.4) is 0 Å². The summed E-state index contributed by atoms with van der Waals surface area (Å²) in [5.74, 6) is -0.858. The Morgan fingerprint density at radius 1 is 1.25 bits per heavy atom. The second kappa shape index (κ2) is 7.92. The number of hydrogen-bond donors (Lipinski definition) is 4. The second-order valence-corrected chi connectivity index (χ2v) is 3.61. The molecule has 0 aliphatic rings. The summed E-state index contributed by atoms with van der Waals surface area (Å²) in [6, 6.07) is -1.81. The lowest BCUT2D eigenvalue weighted by Crippen LogP contribution is -2.48. The highest BCUT2D eigenvalue weighted by atomic mass is 16.4. The number of urea groups is 1. The van der Waals surface area contributed by atoms with E-state index in [1.54, 1.807) is 0 Å². The molecule has 6 heteroatoms. The molecule has 1 atom stereocenters. The first-order chi connectivity index (χ1) is 7.54. The monoisotopic (exact) mass is 232 g/mol. The molecule has 0 unspecified atom stereocenters. The molecule has 0 aromatic rings. The normalized spacial score (nSPS) is 12.2. The van der Waals surface area contributed by atoms with E-state index in [9.17, 15) is 9.59 Å². The third-order valence-corrected chi connectivity index (χ3v) is 2.49. The first kappa shape index (κ1) is 14.7. The number of aliphatic hydroxyl groups is 1. The molecular weight excluding hydrogens is 212 g/mol. The van der Waals surface area contributed by atoms with Crippen molar-refractivity contribution in [3.05, 3.63) is 0 Å². The van der Waals surface area contributed by atoms with Crippen molar-refractivity contribution in [3.8, 4) is 0 Å². The lowest BCUT2D eigenvalue weighted by atomic mass is 10.0. The number of carbonyl (C=O) groups excluding carboxylic acids is 1. The summed E-state index contributed by atoms with van der Waals surface area (Å²) in [7, 11) is 0. The lowest BCUT2D eigenvalue weighted by molar-refractivity contribution is -0.140. The van der Waals surface area contributed by atoms with E-state index in [0.717, 1.165) is 12.8 Å². The van der Waals surface area contributed by atoms with E-state index >= 15 is 0 Å². The Balaban J connectivity index is 3.93. The van der Waals surface area contributed by atoms with Crippen LogP contribution in [0.15, 0.2) is 0 Å². The average Bonchev–Trinajstić information content (AvgIpc) is 2.26. The summed E-state index contributed by atoms with van der Waals surface area (Å²) in [6.07, 6.45) is 1.91. The molecule has 0 saturated carbocycles. The van der Waals surface area contributed by atoms with Crippen LogP contribution in [0.5, 0.6) is 0 Å². The van der Waals surface area contributed by atoms with Crippen LogP contribution < -0.4 is 10.6 Å². The van der Waals surface area contributed by atoms with Crippen molar-refractivity contribution in [2.24, 2.45) is 5.92 Å². The maximum absolute atomic E-state index is 11.3. The van der Waals surface area contributed by atoms with Crippen molar-refractivity contribution >= 4 is 12.0 Å². The zero-order valence-corrected chi connectivity index (χ0v) is 9.69. The van der Waals surface area contributed by atoms with Gasteiger partial charge in [0.25, 0.3) is 0 Å². The number of rotatable bonds is 7. The fourth-order valence-corrected chi connectivity index (χ4v) is 1.21.